The van der Waals surface area contributed by atoms with Gasteiger partial charge < -0.3 is 154 Å². The fourth-order valence-corrected chi connectivity index (χ4v) is 13.5. The number of hydrogen-bond acceptors (Lipinski definition) is 33. The molecule has 2 aromatic heterocycles. The number of aromatic hydroxyl groups is 18. The molecule has 16 rings (SSSR count). The van der Waals surface area contributed by atoms with Crippen molar-refractivity contribution in [1.82, 2.24) is 4.90 Å². The van der Waals surface area contributed by atoms with Crippen molar-refractivity contribution < 1.29 is 150 Å². The Morgan fingerprint density at radius 3 is 1.01 bits per heavy atom. The fourth-order valence-electron chi connectivity index (χ4n) is 13.5. The van der Waals surface area contributed by atoms with Crippen molar-refractivity contribution >= 4 is 32.7 Å². The molecule has 0 saturated carbocycles. The maximum absolute atomic E-state index is 12.9. The SMILES string of the molecule is COc1ccc2c(=O)oc3c(OC)cc(CCN(C)C)c4c(=O)oc1c2c34.Oc1cc(O)c2c(c1)O[C@@H](c1cc(O)c(O)c(O)c1)[C@H](O)C2.Oc1cc(O)c2c(c1)O[C@@H](c1ccc(O)c(O)c1)[C@H](O)C2.Oc1cc(O)c2c(c1)O[C@H](c1cc(O)c(O)c(O)c1)[C@@H](O)C2.Oc1cc(O)c2c(c1)O[C@H](c1ccc(O)c(O)c1)[C@@H](O)C2. The third-order valence-electron chi connectivity index (χ3n) is 19.0. The van der Waals surface area contributed by atoms with Crippen molar-refractivity contribution in [1.29, 1.82) is 0 Å². The third kappa shape index (κ3) is 16.0. The molecule has 113 heavy (non-hydrogen) atoms. The maximum Gasteiger partial charge on any atom is 0.344 e. The predicted molar refractivity (Wildman–Crippen MR) is 396 cm³/mol. The normalized spacial score (nSPS) is 18.4. The van der Waals surface area contributed by atoms with E-state index in [1.807, 2.05) is 19.0 Å². The van der Waals surface area contributed by atoms with Gasteiger partial charge in [-0.1, -0.05) is 12.1 Å². The molecule has 4 aliphatic heterocycles. The summed E-state index contributed by atoms with van der Waals surface area (Å²) in [7, 11) is 6.90. The van der Waals surface area contributed by atoms with E-state index in [2.05, 4.69) is 0 Å². The van der Waals surface area contributed by atoms with E-state index in [1.165, 1.54) is 87.0 Å². The number of hydrogen-bond donors (Lipinski definition) is 22. The minimum Gasteiger partial charge on any atom is -0.508 e. The molecular weight excluding hydrogens is 1490 g/mol. The Labute approximate surface area is 636 Å². The molecule has 0 saturated heterocycles. The van der Waals surface area contributed by atoms with Crippen molar-refractivity contribution in [2.45, 2.75) is 80.9 Å². The first-order valence-corrected chi connectivity index (χ1v) is 34.3. The summed E-state index contributed by atoms with van der Waals surface area (Å²) < 4.78 is 44.3. The van der Waals surface area contributed by atoms with E-state index in [1.54, 1.807) is 18.2 Å². The third-order valence-corrected chi connectivity index (χ3v) is 19.0. The van der Waals surface area contributed by atoms with E-state index in [0.29, 0.717) is 72.8 Å². The molecule has 0 bridgehead atoms. The molecule has 0 unspecified atom stereocenters. The van der Waals surface area contributed by atoms with E-state index < -0.39 is 94.6 Å². The summed E-state index contributed by atoms with van der Waals surface area (Å²) >= 11 is 0. The lowest BCUT2D eigenvalue weighted by Crippen LogP contribution is -2.30. The highest BCUT2D eigenvalue weighted by atomic mass is 16.5. The summed E-state index contributed by atoms with van der Waals surface area (Å²) in [5.74, 6) is -4.28. The van der Waals surface area contributed by atoms with E-state index in [0.717, 1.165) is 48.5 Å². The van der Waals surface area contributed by atoms with Gasteiger partial charge in [0.25, 0.3) is 0 Å². The minimum absolute atomic E-state index is 0.0640. The van der Waals surface area contributed by atoms with Crippen LogP contribution in [0.25, 0.3) is 32.7 Å². The quantitative estimate of drug-likeness (QED) is 0.0367. The van der Waals surface area contributed by atoms with Gasteiger partial charge in [0.05, 0.1) is 49.4 Å². The molecular formula is C80H75NO32. The van der Waals surface area contributed by atoms with E-state index >= 15 is 0 Å². The predicted octanol–water partition coefficient (Wildman–Crippen LogP) is 8.21. The molecule has 12 aromatic rings. The Bertz CT molecular complexity index is 5450. The molecule has 33 heteroatoms. The number of benzene rings is 10. The number of aliphatic hydroxyl groups is 4. The van der Waals surface area contributed by atoms with E-state index in [-0.39, 0.29) is 140 Å². The molecule has 592 valence electrons. The number of likely N-dealkylation sites (N-methyl/N-ethyl adjacent to an activating group) is 1. The van der Waals surface area contributed by atoms with Gasteiger partial charge in [0.1, 0.15) is 81.2 Å². The highest BCUT2D eigenvalue weighted by molar-refractivity contribution is 6.22. The molecule has 6 heterocycles. The number of nitrogens with zero attached hydrogens (tertiary/aromatic N) is 1. The maximum atomic E-state index is 12.9. The standard InChI is InChI=1S/C20H19NO6.2C15H14O7.2C15H14O6/c1-21(2)8-7-10-9-13(25-4)18-16-14(10)20(23)27-17-12(24-3)6-5-11(15(16)17)19(22)26-18;2*16-7-3-9(17)8-5-12(20)15(22-13(8)4-7)6-1-10(18)14(21)11(19)2-6;2*16-8-4-11(18)9-6-13(20)15(21-14(9)5-8)7-1-2-10(17)12(19)3-7/h5-6,9H,7-8H2,1-4H3;2*1-4,12,15-21H,5H2;2*1-5,13,15-20H,6H2/t;2*12-,15+;2*13-,15+/m.1010/s1. The highest BCUT2D eigenvalue weighted by Gasteiger charge is 2.38. The van der Waals surface area contributed by atoms with Gasteiger partial charge in [0, 0.05) is 125 Å². The molecule has 33 nitrogen and oxygen atoms in total. The lowest BCUT2D eigenvalue weighted by atomic mass is 9.93. The monoisotopic (exact) mass is 1560 g/mol. The van der Waals surface area contributed by atoms with Crippen LogP contribution in [0, 0.1) is 0 Å². The molecule has 0 fully saturated rings. The zero-order valence-corrected chi connectivity index (χ0v) is 59.9. The average molecular weight is 1560 g/mol. The van der Waals surface area contributed by atoms with E-state index in [9.17, 15) is 122 Å². The molecule has 8 atom stereocenters. The Kier molecular flexibility index (Phi) is 22.0. The number of phenolic OH excluding ortho intramolecular Hbond substituents is 18. The van der Waals surface area contributed by atoms with Gasteiger partial charge in [0.15, 0.2) is 92.4 Å². The zero-order valence-electron chi connectivity index (χ0n) is 59.9. The van der Waals surface area contributed by atoms with Crippen molar-refractivity contribution in [2.24, 2.45) is 0 Å². The number of aliphatic hydroxyl groups excluding tert-OH is 4. The first-order valence-electron chi connectivity index (χ1n) is 34.3. The van der Waals surface area contributed by atoms with Crippen molar-refractivity contribution in [3.63, 3.8) is 0 Å². The summed E-state index contributed by atoms with van der Waals surface area (Å²) in [6.45, 7) is 0.736. The Balaban J connectivity index is 0.000000131. The van der Waals surface area contributed by atoms with Crippen LogP contribution in [0.1, 0.15) is 74.5 Å². The van der Waals surface area contributed by atoms with Crippen LogP contribution in [0.15, 0.2) is 146 Å². The molecule has 0 radical (unpaired) electrons. The van der Waals surface area contributed by atoms with Crippen LogP contribution in [0.5, 0.6) is 138 Å². The molecule has 22 N–H and O–H groups in total. The number of methoxy groups -OCH3 is 2. The van der Waals surface area contributed by atoms with Crippen molar-refractivity contribution in [2.75, 3.05) is 34.9 Å². The molecule has 4 aliphatic rings. The van der Waals surface area contributed by atoms with E-state index in [4.69, 9.17) is 37.3 Å². The molecule has 0 aliphatic carbocycles. The summed E-state index contributed by atoms with van der Waals surface area (Å²) in [6.07, 6.45) is -6.35. The van der Waals surface area contributed by atoms with Crippen molar-refractivity contribution in [3.8, 4) is 138 Å². The first-order chi connectivity index (χ1) is 53.6. The topological polar surface area (TPSA) is 564 Å². The van der Waals surface area contributed by atoms with Crippen molar-refractivity contribution in [3.05, 3.63) is 198 Å². The highest BCUT2D eigenvalue weighted by Crippen LogP contribution is 2.50. The second-order valence-corrected chi connectivity index (χ2v) is 27.0. The lowest BCUT2D eigenvalue weighted by Gasteiger charge is -2.31. The molecule has 10 aromatic carbocycles. The van der Waals surface area contributed by atoms with Gasteiger partial charge in [-0.3, -0.25) is 0 Å². The number of fused-ring (bicyclic) bond motifs is 4. The van der Waals surface area contributed by atoms with Gasteiger partial charge >= 0.3 is 11.3 Å². The van der Waals surface area contributed by atoms with Crippen LogP contribution >= 0.6 is 0 Å². The van der Waals surface area contributed by atoms with Gasteiger partial charge in [-0.2, -0.15) is 0 Å². The van der Waals surface area contributed by atoms with Crippen LogP contribution in [0.2, 0.25) is 0 Å². The molecule has 0 amide bonds. The van der Waals surface area contributed by atoms with Crippen LogP contribution < -0.4 is 39.7 Å². The largest absolute Gasteiger partial charge is 0.508 e. The zero-order chi connectivity index (χ0) is 81.6. The number of ether oxygens (including phenoxy) is 6. The summed E-state index contributed by atoms with van der Waals surface area (Å²) in [6, 6.07) is 27.8. The van der Waals surface area contributed by atoms with Gasteiger partial charge in [-0.05, 0) is 104 Å². The summed E-state index contributed by atoms with van der Waals surface area (Å²) in [4.78, 5) is 27.4. The second kappa shape index (κ2) is 31.6. The number of rotatable bonds is 9. The first kappa shape index (κ1) is 78.7. The van der Waals surface area contributed by atoms with Crippen LogP contribution in [-0.4, -0.2) is 177 Å². The second-order valence-electron chi connectivity index (χ2n) is 27.0. The van der Waals surface area contributed by atoms with Gasteiger partial charge in [-0.15, -0.1) is 0 Å². The van der Waals surface area contributed by atoms with Gasteiger partial charge in [-0.25, -0.2) is 9.59 Å². The van der Waals surface area contributed by atoms with Crippen LogP contribution in [-0.2, 0) is 32.1 Å². The van der Waals surface area contributed by atoms with Gasteiger partial charge in [0.2, 0.25) is 0 Å². The summed E-state index contributed by atoms with van der Waals surface area (Å²) in [5.41, 5.74) is 3.22. The smallest absolute Gasteiger partial charge is 0.344 e. The Morgan fingerprint density at radius 1 is 0.345 bits per heavy atom. The average Bonchev–Trinajstić information content (AvgIpc) is 0.711. The minimum atomic E-state index is -1.05. The summed E-state index contributed by atoms with van der Waals surface area (Å²) in [5, 5.41) is 214. The lowest BCUT2D eigenvalue weighted by molar-refractivity contribution is 0.0195. The van der Waals surface area contributed by atoms with Crippen LogP contribution in [0.3, 0.4) is 0 Å². The fraction of sp³-hybridized carbons (Fsp3) is 0.225. The number of phenols is 18. The Morgan fingerprint density at radius 2 is 0.673 bits per heavy atom. The van der Waals surface area contributed by atoms with Crippen LogP contribution in [0.4, 0.5) is 0 Å². The molecule has 0 spiro atoms. The Hall–Kier alpha value is -13.9.